The molecule has 28 heavy (non-hydrogen) atoms. The second-order valence-corrected chi connectivity index (χ2v) is 8.36. The first kappa shape index (κ1) is 19.5. The van der Waals surface area contributed by atoms with Gasteiger partial charge >= 0.3 is 13.9 Å². The van der Waals surface area contributed by atoms with Crippen molar-refractivity contribution in [3.8, 4) is 5.75 Å². The molecule has 0 amide bonds. The Bertz CT molecular complexity index is 1020. The smallest absolute Gasteiger partial charge is 0.352 e. The highest BCUT2D eigenvalue weighted by Crippen LogP contribution is 2.61. The molecule has 4 rings (SSSR count). The minimum Gasteiger partial charge on any atom is -0.352 e. The molecule has 1 aromatic heterocycles. The van der Waals surface area contributed by atoms with Crippen LogP contribution >= 0.6 is 19.8 Å². The van der Waals surface area contributed by atoms with Crippen LogP contribution < -0.4 is 15.8 Å². The van der Waals surface area contributed by atoms with E-state index in [-0.39, 0.29) is 18.2 Å². The third kappa shape index (κ3) is 3.98. The van der Waals surface area contributed by atoms with Crippen molar-refractivity contribution in [1.29, 1.82) is 0 Å². The van der Waals surface area contributed by atoms with Gasteiger partial charge in [-0.25, -0.2) is 9.18 Å². The zero-order valence-corrected chi connectivity index (χ0v) is 16.0. The number of halogens is 2. The van der Waals surface area contributed by atoms with Gasteiger partial charge in [0.2, 0.25) is 0 Å². The number of hydrogen-bond donors (Lipinski definition) is 2. The summed E-state index contributed by atoms with van der Waals surface area (Å²) in [5, 5.41) is -0.123. The van der Waals surface area contributed by atoms with Crippen LogP contribution in [0.4, 0.5) is 4.39 Å². The van der Waals surface area contributed by atoms with Crippen LogP contribution in [0.15, 0.2) is 34.0 Å². The van der Waals surface area contributed by atoms with E-state index >= 15 is 0 Å². The second kappa shape index (κ2) is 7.55. The topological polar surface area (TPSA) is 112 Å². The Kier molecular flexibility index (Phi) is 5.26. The molecule has 9 nitrogen and oxygen atoms in total. The van der Waals surface area contributed by atoms with Gasteiger partial charge < -0.3 is 4.74 Å². The number of nitrogens with zero attached hydrogens (tertiary/aromatic N) is 1. The molecule has 2 aliphatic rings. The fourth-order valence-corrected chi connectivity index (χ4v) is 4.40. The minimum absolute atomic E-state index is 0.0385. The summed E-state index contributed by atoms with van der Waals surface area (Å²) in [6, 6.07) is 3.87. The Morgan fingerprint density at radius 2 is 2.21 bits per heavy atom. The number of rotatable bonds is 4. The lowest BCUT2D eigenvalue weighted by molar-refractivity contribution is -0.0301. The zero-order valence-electron chi connectivity index (χ0n) is 14.3. The number of ether oxygens (including phenoxy) is 1. The Hall–Kier alpha value is -1.81. The van der Waals surface area contributed by atoms with E-state index < -0.39 is 37.6 Å². The van der Waals surface area contributed by atoms with Gasteiger partial charge in [0.25, 0.3) is 5.56 Å². The molecule has 12 heteroatoms. The average molecular weight is 434 g/mol. The molecule has 0 saturated carbocycles. The molecule has 1 aromatic carbocycles. The fourth-order valence-electron chi connectivity index (χ4n) is 2.98. The van der Waals surface area contributed by atoms with E-state index in [9.17, 15) is 18.9 Å². The molecule has 3 atom stereocenters. The van der Waals surface area contributed by atoms with Gasteiger partial charge in [0.05, 0.1) is 6.10 Å². The Balaban J connectivity index is 1.38. The van der Waals surface area contributed by atoms with Gasteiger partial charge in [-0.2, -0.15) is 4.89 Å². The van der Waals surface area contributed by atoms with Gasteiger partial charge in [0.1, 0.15) is 30.3 Å². The molecule has 1 saturated heterocycles. The van der Waals surface area contributed by atoms with E-state index in [0.29, 0.717) is 24.2 Å². The molecule has 0 aliphatic carbocycles. The van der Waals surface area contributed by atoms with E-state index in [4.69, 9.17) is 29.9 Å². The van der Waals surface area contributed by atoms with Crippen molar-refractivity contribution < 1.29 is 27.6 Å². The van der Waals surface area contributed by atoms with Crippen molar-refractivity contribution >= 4 is 19.8 Å². The van der Waals surface area contributed by atoms with Gasteiger partial charge in [0, 0.05) is 11.8 Å². The molecule has 3 unspecified atom stereocenters. The lowest BCUT2D eigenvalue weighted by atomic mass is 10.2. The van der Waals surface area contributed by atoms with Crippen LogP contribution in [0.2, 0.25) is 5.02 Å². The Morgan fingerprint density at radius 3 is 3.04 bits per heavy atom. The van der Waals surface area contributed by atoms with Crippen LogP contribution in [-0.2, 0) is 20.4 Å². The summed E-state index contributed by atoms with van der Waals surface area (Å²) >= 11 is 5.76. The summed E-state index contributed by atoms with van der Waals surface area (Å²) in [5.41, 5.74) is -0.825. The monoisotopic (exact) mass is 433 g/mol. The third-order valence-corrected chi connectivity index (χ3v) is 5.99. The summed E-state index contributed by atoms with van der Waals surface area (Å²) in [6.45, 7) is -0.0834. The van der Waals surface area contributed by atoms with Crippen LogP contribution in [-0.4, -0.2) is 27.2 Å². The molecule has 150 valence electrons. The summed E-state index contributed by atoms with van der Waals surface area (Å²) < 4.78 is 36.2. The van der Waals surface area contributed by atoms with E-state index in [1.165, 1.54) is 29.0 Å². The van der Waals surface area contributed by atoms with Crippen molar-refractivity contribution in [3.63, 3.8) is 0 Å². The predicted octanol–water partition coefficient (Wildman–Crippen LogP) is 2.30. The highest BCUT2D eigenvalue weighted by molar-refractivity contribution is 7.55. The van der Waals surface area contributed by atoms with Gasteiger partial charge in [0.15, 0.2) is 5.75 Å². The summed E-state index contributed by atoms with van der Waals surface area (Å²) in [4.78, 5) is 35.8. The maximum absolute atomic E-state index is 13.2. The standard InChI is InChI=1S/C16H15ClFN2O7P/c17-12-6-20(16(22)19-15(12)21)14-4-2-11(26-14)8-25-28(23)24-7-9-5-10(18)1-3-13(9)27-28/h1,3,5-6,11,14,23H,2,4,7-8H2/p+1. The molecule has 1 fully saturated rings. The van der Waals surface area contributed by atoms with Crippen LogP contribution in [0.25, 0.3) is 0 Å². The maximum Gasteiger partial charge on any atom is 0.619 e. The normalized spacial score (nSPS) is 26.7. The number of fused-ring (bicyclic) bond motifs is 1. The van der Waals surface area contributed by atoms with Crippen molar-refractivity contribution in [2.75, 3.05) is 6.61 Å². The first-order chi connectivity index (χ1) is 13.3. The lowest BCUT2D eigenvalue weighted by Gasteiger charge is -2.22. The van der Waals surface area contributed by atoms with Crippen molar-refractivity contribution in [2.45, 2.75) is 31.8 Å². The molecule has 2 aromatic rings. The van der Waals surface area contributed by atoms with E-state index in [2.05, 4.69) is 4.98 Å². The molecule has 3 heterocycles. The number of hydrogen-bond acceptors (Lipinski definition) is 7. The summed E-state index contributed by atoms with van der Waals surface area (Å²) in [5.74, 6) is -0.137. The van der Waals surface area contributed by atoms with Gasteiger partial charge in [-0.3, -0.25) is 18.9 Å². The lowest BCUT2D eigenvalue weighted by Crippen LogP contribution is -2.32. The number of H-pyrrole nitrogens is 1. The summed E-state index contributed by atoms with van der Waals surface area (Å²) in [7, 11) is -3.62. The molecule has 0 radical (unpaired) electrons. The average Bonchev–Trinajstić information content (AvgIpc) is 3.12. The zero-order chi connectivity index (χ0) is 19.9. The highest BCUT2D eigenvalue weighted by atomic mass is 35.5. The third-order valence-electron chi connectivity index (χ3n) is 4.36. The van der Waals surface area contributed by atoms with Crippen LogP contribution in [0.3, 0.4) is 0 Å². The molecule has 2 aliphatic heterocycles. The Labute approximate surface area is 163 Å². The SMILES string of the molecule is O=c1[nH]c(=O)n(C2CCC(CO[P+]3(O)OCc4cc(F)ccc4O3)O2)cc1Cl. The van der Waals surface area contributed by atoms with Crippen LogP contribution in [0, 0.1) is 5.82 Å². The van der Waals surface area contributed by atoms with Gasteiger partial charge in [-0.1, -0.05) is 11.6 Å². The first-order valence-electron chi connectivity index (χ1n) is 8.38. The van der Waals surface area contributed by atoms with Gasteiger partial charge in [-0.05, 0) is 31.0 Å². The van der Waals surface area contributed by atoms with Crippen LogP contribution in [0.5, 0.6) is 5.75 Å². The van der Waals surface area contributed by atoms with Gasteiger partial charge in [-0.15, -0.1) is 9.05 Å². The van der Waals surface area contributed by atoms with Crippen molar-refractivity contribution in [3.05, 3.63) is 61.6 Å². The van der Waals surface area contributed by atoms with Crippen molar-refractivity contribution in [1.82, 2.24) is 9.55 Å². The Morgan fingerprint density at radius 1 is 1.39 bits per heavy atom. The largest absolute Gasteiger partial charge is 0.619 e. The second-order valence-electron chi connectivity index (χ2n) is 6.31. The number of nitrogens with one attached hydrogen (secondary N) is 1. The molecular formula is C16H16ClFN2O7P+. The van der Waals surface area contributed by atoms with Crippen LogP contribution in [0.1, 0.15) is 24.6 Å². The molecular weight excluding hydrogens is 418 g/mol. The van der Waals surface area contributed by atoms with E-state index in [1.807, 2.05) is 0 Å². The predicted molar refractivity (Wildman–Crippen MR) is 96.4 cm³/mol. The van der Waals surface area contributed by atoms with E-state index in [0.717, 1.165) is 0 Å². The minimum atomic E-state index is -3.62. The molecule has 0 bridgehead atoms. The number of aromatic nitrogens is 2. The number of benzene rings is 1. The van der Waals surface area contributed by atoms with E-state index in [1.54, 1.807) is 0 Å². The fraction of sp³-hybridized carbons (Fsp3) is 0.375. The number of aromatic amines is 1. The molecule has 2 N–H and O–H groups in total. The van der Waals surface area contributed by atoms with Crippen molar-refractivity contribution in [2.24, 2.45) is 0 Å². The maximum atomic E-state index is 13.2. The highest BCUT2D eigenvalue weighted by Gasteiger charge is 2.51. The first-order valence-corrected chi connectivity index (χ1v) is 10.3. The summed E-state index contributed by atoms with van der Waals surface area (Å²) in [6.07, 6.45) is 1.18. The molecule has 0 spiro atoms. The quantitative estimate of drug-likeness (QED) is 0.711.